The van der Waals surface area contributed by atoms with Crippen molar-refractivity contribution in [3.63, 3.8) is 0 Å². The smallest absolute Gasteiger partial charge is 0.266 e. The highest BCUT2D eigenvalue weighted by atomic mass is 32.2. The molecule has 1 fully saturated rings. The van der Waals surface area contributed by atoms with E-state index in [0.29, 0.717) is 22.4 Å². The molecule has 3 rings (SSSR count). The number of thiocarbonyl (C=S) groups is 1. The van der Waals surface area contributed by atoms with Gasteiger partial charge in [-0.05, 0) is 44.5 Å². The van der Waals surface area contributed by atoms with Gasteiger partial charge in [0.15, 0.2) is 0 Å². The molecule has 1 aliphatic heterocycles. The van der Waals surface area contributed by atoms with Crippen LogP contribution in [0.4, 0.5) is 5.69 Å². The number of anilines is 1. The van der Waals surface area contributed by atoms with Crippen LogP contribution in [-0.2, 0) is 11.4 Å². The van der Waals surface area contributed by atoms with Gasteiger partial charge in [0.2, 0.25) is 0 Å². The first kappa shape index (κ1) is 21.4. The third-order valence-corrected chi connectivity index (χ3v) is 6.22. The van der Waals surface area contributed by atoms with Crippen molar-refractivity contribution in [3.05, 3.63) is 64.6 Å². The maximum Gasteiger partial charge on any atom is 0.266 e. The average Bonchev–Trinajstić information content (AvgIpc) is 3.01. The first-order chi connectivity index (χ1) is 14.1. The second kappa shape index (κ2) is 9.94. The number of ether oxygens (including phenoxy) is 1. The quantitative estimate of drug-likeness (QED) is 0.421. The van der Waals surface area contributed by atoms with E-state index in [1.807, 2.05) is 49.4 Å². The van der Waals surface area contributed by atoms with Crippen LogP contribution in [0, 0.1) is 0 Å². The molecular formula is C23H26N2O2S2. The van der Waals surface area contributed by atoms with Gasteiger partial charge in [-0.25, -0.2) is 0 Å². The van der Waals surface area contributed by atoms with Gasteiger partial charge in [-0.1, -0.05) is 54.3 Å². The Kier molecular flexibility index (Phi) is 7.34. The van der Waals surface area contributed by atoms with Crippen molar-refractivity contribution < 1.29 is 9.53 Å². The van der Waals surface area contributed by atoms with Crippen molar-refractivity contribution in [2.75, 3.05) is 24.5 Å². The van der Waals surface area contributed by atoms with Crippen LogP contribution in [0.3, 0.4) is 0 Å². The number of hydrogen-bond acceptors (Lipinski definition) is 5. The summed E-state index contributed by atoms with van der Waals surface area (Å²) in [5, 5.41) is 0. The van der Waals surface area contributed by atoms with Gasteiger partial charge in [-0.3, -0.25) is 9.69 Å². The Labute approximate surface area is 182 Å². The van der Waals surface area contributed by atoms with E-state index in [9.17, 15) is 4.79 Å². The van der Waals surface area contributed by atoms with E-state index in [1.165, 1.54) is 11.8 Å². The van der Waals surface area contributed by atoms with Crippen LogP contribution in [0.5, 0.6) is 5.75 Å². The van der Waals surface area contributed by atoms with Gasteiger partial charge in [-0.15, -0.1) is 0 Å². The van der Waals surface area contributed by atoms with Crippen LogP contribution in [-0.4, -0.2) is 34.8 Å². The Hall–Kier alpha value is -2.31. The molecule has 0 bridgehead atoms. The average molecular weight is 427 g/mol. The van der Waals surface area contributed by atoms with Gasteiger partial charge >= 0.3 is 0 Å². The van der Waals surface area contributed by atoms with E-state index >= 15 is 0 Å². The van der Waals surface area contributed by atoms with Gasteiger partial charge in [-0.2, -0.15) is 0 Å². The number of carbonyl (C=O) groups is 1. The Morgan fingerprint density at radius 2 is 1.83 bits per heavy atom. The summed E-state index contributed by atoms with van der Waals surface area (Å²) in [7, 11) is 0. The van der Waals surface area contributed by atoms with Crippen LogP contribution >= 0.6 is 24.0 Å². The van der Waals surface area contributed by atoms with Crippen LogP contribution in [0.2, 0.25) is 0 Å². The summed E-state index contributed by atoms with van der Waals surface area (Å²) in [6.07, 6.45) is 1.89. The highest BCUT2D eigenvalue weighted by Crippen LogP contribution is 2.35. The highest BCUT2D eigenvalue weighted by molar-refractivity contribution is 8.26. The Morgan fingerprint density at radius 3 is 2.45 bits per heavy atom. The number of nitrogens with zero attached hydrogens (tertiary/aromatic N) is 2. The molecule has 0 aromatic heterocycles. The SMILES string of the molecule is CCN1C(=O)/C(=C/c2ccc(N(CC)CC)cc2OCc2ccccc2)SC1=S. The van der Waals surface area contributed by atoms with Crippen LogP contribution < -0.4 is 9.64 Å². The van der Waals surface area contributed by atoms with E-state index in [1.54, 1.807) is 4.90 Å². The second-order valence-electron chi connectivity index (χ2n) is 6.59. The molecule has 2 aromatic rings. The Bertz CT molecular complexity index is 908. The summed E-state index contributed by atoms with van der Waals surface area (Å²) >= 11 is 6.68. The molecule has 0 unspecified atom stereocenters. The zero-order valence-corrected chi connectivity index (χ0v) is 18.7. The van der Waals surface area contributed by atoms with E-state index in [-0.39, 0.29) is 5.91 Å². The van der Waals surface area contributed by atoms with Gasteiger partial charge in [0.1, 0.15) is 16.7 Å². The van der Waals surface area contributed by atoms with Crippen molar-refractivity contribution >= 4 is 46.0 Å². The highest BCUT2D eigenvalue weighted by Gasteiger charge is 2.30. The maximum absolute atomic E-state index is 12.6. The molecule has 0 spiro atoms. The normalized spacial score (nSPS) is 15.3. The predicted octanol–water partition coefficient (Wildman–Crippen LogP) is 5.33. The number of carbonyl (C=O) groups excluding carboxylic acids is 1. The summed E-state index contributed by atoms with van der Waals surface area (Å²) in [6, 6.07) is 16.2. The first-order valence-electron chi connectivity index (χ1n) is 9.88. The molecule has 0 atom stereocenters. The molecule has 0 saturated carbocycles. The minimum absolute atomic E-state index is 0.0377. The molecule has 1 heterocycles. The molecule has 152 valence electrons. The Balaban J connectivity index is 1.93. The van der Waals surface area contributed by atoms with E-state index in [2.05, 4.69) is 30.9 Å². The number of hydrogen-bond donors (Lipinski definition) is 0. The standard InChI is InChI=1S/C23H26N2O2S2/c1-4-24(5-2)19-13-12-18(14-21-22(26)25(6-3)23(28)29-21)20(15-19)27-16-17-10-8-7-9-11-17/h7-15H,4-6,16H2,1-3H3/b21-14-. The number of thioether (sulfide) groups is 1. The lowest BCUT2D eigenvalue weighted by molar-refractivity contribution is -0.121. The van der Waals surface area contributed by atoms with Gasteiger partial charge in [0, 0.05) is 37.0 Å². The van der Waals surface area contributed by atoms with E-state index in [0.717, 1.165) is 35.7 Å². The Morgan fingerprint density at radius 1 is 1.10 bits per heavy atom. The van der Waals surface area contributed by atoms with Crippen molar-refractivity contribution in [3.8, 4) is 5.75 Å². The molecular weight excluding hydrogens is 400 g/mol. The fourth-order valence-electron chi connectivity index (χ4n) is 3.20. The van der Waals surface area contributed by atoms with Gasteiger partial charge in [0.25, 0.3) is 5.91 Å². The molecule has 1 aliphatic rings. The largest absolute Gasteiger partial charge is 0.488 e. The number of likely N-dealkylation sites (N-methyl/N-ethyl adjacent to an activating group) is 1. The molecule has 1 amide bonds. The fraction of sp³-hybridized carbons (Fsp3) is 0.304. The number of rotatable bonds is 8. The van der Waals surface area contributed by atoms with Gasteiger partial charge in [0.05, 0.1) is 4.91 Å². The molecule has 6 heteroatoms. The molecule has 0 radical (unpaired) electrons. The van der Waals surface area contributed by atoms with Crippen molar-refractivity contribution in [2.24, 2.45) is 0 Å². The molecule has 29 heavy (non-hydrogen) atoms. The van der Waals surface area contributed by atoms with Crippen molar-refractivity contribution in [2.45, 2.75) is 27.4 Å². The third kappa shape index (κ3) is 5.00. The number of amides is 1. The van der Waals surface area contributed by atoms with E-state index < -0.39 is 0 Å². The summed E-state index contributed by atoms with van der Waals surface area (Å²) in [5.41, 5.74) is 3.09. The predicted molar refractivity (Wildman–Crippen MR) is 126 cm³/mol. The minimum Gasteiger partial charge on any atom is -0.488 e. The molecule has 4 nitrogen and oxygen atoms in total. The zero-order valence-electron chi connectivity index (χ0n) is 17.1. The van der Waals surface area contributed by atoms with E-state index in [4.69, 9.17) is 17.0 Å². The van der Waals surface area contributed by atoms with Crippen molar-refractivity contribution in [1.29, 1.82) is 0 Å². The van der Waals surface area contributed by atoms with Crippen LogP contribution in [0.15, 0.2) is 53.4 Å². The monoisotopic (exact) mass is 426 g/mol. The van der Waals surface area contributed by atoms with Crippen molar-refractivity contribution in [1.82, 2.24) is 4.90 Å². The molecule has 0 N–H and O–H groups in total. The summed E-state index contributed by atoms with van der Waals surface area (Å²) in [6.45, 7) is 9.10. The lowest BCUT2D eigenvalue weighted by Crippen LogP contribution is -2.27. The van der Waals surface area contributed by atoms with Gasteiger partial charge < -0.3 is 9.64 Å². The molecule has 1 saturated heterocycles. The van der Waals surface area contributed by atoms with Crippen LogP contribution in [0.1, 0.15) is 31.9 Å². The lowest BCUT2D eigenvalue weighted by atomic mass is 10.1. The lowest BCUT2D eigenvalue weighted by Gasteiger charge is -2.22. The fourth-order valence-corrected chi connectivity index (χ4v) is 4.58. The first-order valence-corrected chi connectivity index (χ1v) is 11.1. The summed E-state index contributed by atoms with van der Waals surface area (Å²) < 4.78 is 6.80. The molecule has 0 aliphatic carbocycles. The number of benzene rings is 2. The summed E-state index contributed by atoms with van der Waals surface area (Å²) in [4.78, 5) is 17.1. The minimum atomic E-state index is -0.0377. The van der Waals surface area contributed by atoms with Crippen LogP contribution in [0.25, 0.3) is 6.08 Å². The maximum atomic E-state index is 12.6. The topological polar surface area (TPSA) is 32.8 Å². The summed E-state index contributed by atoms with van der Waals surface area (Å²) in [5.74, 6) is 0.726. The zero-order chi connectivity index (χ0) is 20.8. The molecule has 2 aromatic carbocycles. The second-order valence-corrected chi connectivity index (χ2v) is 8.27. The third-order valence-electron chi connectivity index (χ3n) is 4.84.